The number of methoxy groups -OCH3 is 1. The normalized spacial score (nSPS) is 17.0. The van der Waals surface area contributed by atoms with Crippen LogP contribution in [0.15, 0.2) is 47.2 Å². The van der Waals surface area contributed by atoms with E-state index in [9.17, 15) is 4.79 Å². The maximum atomic E-state index is 11.9. The van der Waals surface area contributed by atoms with E-state index in [1.165, 1.54) is 39.2 Å². The van der Waals surface area contributed by atoms with E-state index in [4.69, 9.17) is 14.2 Å². The van der Waals surface area contributed by atoms with Crippen LogP contribution in [0.2, 0.25) is 0 Å². The number of pyridine rings is 1. The van der Waals surface area contributed by atoms with E-state index in [2.05, 4.69) is 22.0 Å². The molecule has 6 heteroatoms. The third-order valence-corrected chi connectivity index (χ3v) is 7.97. The number of ether oxygens (including phenoxy) is 1. The number of aromatic nitrogens is 3. The van der Waals surface area contributed by atoms with Crippen molar-refractivity contribution in [3.8, 4) is 22.3 Å². The monoisotopic (exact) mass is 455 g/mol. The highest BCUT2D eigenvalue weighted by molar-refractivity contribution is 5.96. The lowest BCUT2D eigenvalue weighted by atomic mass is 9.52. The fourth-order valence-electron chi connectivity index (χ4n) is 6.12. The van der Waals surface area contributed by atoms with Crippen LogP contribution in [0.1, 0.15) is 53.9 Å². The van der Waals surface area contributed by atoms with Gasteiger partial charge in [0.1, 0.15) is 5.76 Å². The molecule has 6 nitrogen and oxygen atoms in total. The van der Waals surface area contributed by atoms with Crippen LogP contribution in [0.5, 0.6) is 0 Å². The first-order valence-electron chi connectivity index (χ1n) is 12.1. The lowest BCUT2D eigenvalue weighted by molar-refractivity contribution is -0.0306. The number of carbonyl (C=O) groups is 1. The Morgan fingerprint density at radius 1 is 1.18 bits per heavy atom. The summed E-state index contributed by atoms with van der Waals surface area (Å²) < 4.78 is 12.6. The molecule has 2 aliphatic carbocycles. The van der Waals surface area contributed by atoms with Crippen molar-refractivity contribution in [2.45, 2.75) is 52.5 Å². The van der Waals surface area contributed by atoms with Crippen LogP contribution < -0.4 is 0 Å². The third kappa shape index (κ3) is 3.35. The van der Waals surface area contributed by atoms with Crippen LogP contribution >= 0.6 is 0 Å². The molecule has 2 aliphatic rings. The molecule has 0 unspecified atom stereocenters. The summed E-state index contributed by atoms with van der Waals surface area (Å²) >= 11 is 0. The highest BCUT2D eigenvalue weighted by Gasteiger charge is 2.47. The minimum Gasteiger partial charge on any atom is -0.465 e. The molecule has 1 spiro atoms. The van der Waals surface area contributed by atoms with Gasteiger partial charge < -0.3 is 13.8 Å². The van der Waals surface area contributed by atoms with E-state index in [0.29, 0.717) is 16.9 Å². The van der Waals surface area contributed by atoms with Crippen molar-refractivity contribution in [1.29, 1.82) is 0 Å². The maximum Gasteiger partial charge on any atom is 0.337 e. The largest absolute Gasteiger partial charge is 0.465 e. The zero-order valence-corrected chi connectivity index (χ0v) is 19.9. The first-order valence-corrected chi connectivity index (χ1v) is 12.1. The van der Waals surface area contributed by atoms with Crippen LogP contribution in [-0.4, -0.2) is 27.8 Å². The second-order valence-electron chi connectivity index (χ2n) is 10.2. The lowest BCUT2D eigenvalue weighted by Crippen LogP contribution is -2.43. The van der Waals surface area contributed by atoms with Gasteiger partial charge in [-0.1, -0.05) is 23.7 Å². The molecule has 174 valence electrons. The van der Waals surface area contributed by atoms with Crippen LogP contribution in [0.4, 0.5) is 0 Å². The fourth-order valence-corrected chi connectivity index (χ4v) is 6.12. The first-order chi connectivity index (χ1) is 16.5. The van der Waals surface area contributed by atoms with Gasteiger partial charge in [0, 0.05) is 35.6 Å². The Morgan fingerprint density at radius 2 is 1.94 bits per heavy atom. The SMILES string of the molecule is COC(=O)c1ccc(-c2cn(CC3CC4(CCC4)C3)c3cc(-c4c(C)noc4C)cnc23)cc1. The Hall–Kier alpha value is -3.41. The van der Waals surface area contributed by atoms with Gasteiger partial charge in [0.25, 0.3) is 0 Å². The fraction of sp³-hybridized carbons (Fsp3) is 0.393. The molecule has 0 radical (unpaired) electrons. The van der Waals surface area contributed by atoms with Crippen LogP contribution in [-0.2, 0) is 11.3 Å². The van der Waals surface area contributed by atoms with Crippen LogP contribution in [0.3, 0.4) is 0 Å². The zero-order valence-electron chi connectivity index (χ0n) is 19.9. The first kappa shape index (κ1) is 21.1. The lowest BCUT2D eigenvalue weighted by Gasteiger charge is -2.54. The summed E-state index contributed by atoms with van der Waals surface area (Å²) in [6, 6.07) is 9.80. The summed E-state index contributed by atoms with van der Waals surface area (Å²) in [7, 11) is 1.40. The number of fused-ring (bicyclic) bond motifs is 1. The summed E-state index contributed by atoms with van der Waals surface area (Å²) in [5.74, 6) is 1.19. The van der Waals surface area contributed by atoms with Gasteiger partial charge in [-0.3, -0.25) is 4.98 Å². The van der Waals surface area contributed by atoms with Crippen molar-refractivity contribution in [2.75, 3.05) is 7.11 Å². The zero-order chi connectivity index (χ0) is 23.4. The van der Waals surface area contributed by atoms with Crippen molar-refractivity contribution in [3.05, 3.63) is 59.7 Å². The summed E-state index contributed by atoms with van der Waals surface area (Å²) in [6.07, 6.45) is 11.0. The third-order valence-electron chi connectivity index (χ3n) is 7.97. The van der Waals surface area contributed by atoms with Gasteiger partial charge in [-0.15, -0.1) is 0 Å². The average molecular weight is 456 g/mol. The van der Waals surface area contributed by atoms with Gasteiger partial charge in [0.15, 0.2) is 0 Å². The molecule has 0 amide bonds. The highest BCUT2D eigenvalue weighted by atomic mass is 16.5. The van der Waals surface area contributed by atoms with E-state index < -0.39 is 0 Å². The molecule has 6 rings (SSSR count). The molecule has 34 heavy (non-hydrogen) atoms. The van der Waals surface area contributed by atoms with E-state index in [1.807, 2.05) is 44.3 Å². The summed E-state index contributed by atoms with van der Waals surface area (Å²) in [5.41, 5.74) is 8.33. The molecule has 1 aromatic carbocycles. The number of esters is 1. The smallest absolute Gasteiger partial charge is 0.337 e. The van der Waals surface area contributed by atoms with Gasteiger partial charge in [-0.05, 0) is 74.6 Å². The van der Waals surface area contributed by atoms with Crippen molar-refractivity contribution >= 4 is 17.0 Å². The Balaban J connectivity index is 1.41. The average Bonchev–Trinajstić information content (AvgIpc) is 3.33. The van der Waals surface area contributed by atoms with Gasteiger partial charge in [-0.25, -0.2) is 4.79 Å². The van der Waals surface area contributed by atoms with Crippen LogP contribution in [0, 0.1) is 25.2 Å². The Bertz CT molecular complexity index is 1370. The van der Waals surface area contributed by atoms with E-state index in [-0.39, 0.29) is 5.97 Å². The number of nitrogens with zero attached hydrogens (tertiary/aromatic N) is 3. The Kier molecular flexibility index (Phi) is 4.87. The molecule has 3 aromatic heterocycles. The molecule has 4 aromatic rings. The summed E-state index contributed by atoms with van der Waals surface area (Å²) in [6.45, 7) is 4.92. The van der Waals surface area contributed by atoms with Crippen LogP contribution in [0.25, 0.3) is 33.3 Å². The number of hydrogen-bond acceptors (Lipinski definition) is 5. The standard InChI is InChI=1S/C28H29N3O3/c1-17-25(18(2)34-30-17)22-11-24-26(29-14-22)23(20-5-7-21(8-6-20)27(32)33-3)16-31(24)15-19-12-28(13-19)9-4-10-28/h5-8,11,14,16,19H,4,9-10,12-13,15H2,1-3H3. The molecule has 0 aliphatic heterocycles. The molecule has 0 N–H and O–H groups in total. The molecule has 2 fully saturated rings. The number of hydrogen-bond donors (Lipinski definition) is 0. The number of rotatable bonds is 5. The molecule has 2 saturated carbocycles. The van der Waals surface area contributed by atoms with Crippen molar-refractivity contribution in [3.63, 3.8) is 0 Å². The van der Waals surface area contributed by atoms with Gasteiger partial charge in [-0.2, -0.15) is 0 Å². The van der Waals surface area contributed by atoms with Crippen molar-refractivity contribution < 1.29 is 14.1 Å². The van der Waals surface area contributed by atoms with Gasteiger partial charge in [0.2, 0.25) is 0 Å². The molecule has 0 saturated heterocycles. The number of benzene rings is 1. The predicted octanol–water partition coefficient (Wildman–Crippen LogP) is 6.34. The molecule has 0 atom stereocenters. The molecular weight excluding hydrogens is 426 g/mol. The minimum absolute atomic E-state index is 0.328. The predicted molar refractivity (Wildman–Crippen MR) is 130 cm³/mol. The Labute approximate surface area is 198 Å². The second kappa shape index (κ2) is 7.83. The maximum absolute atomic E-state index is 11.9. The van der Waals surface area contributed by atoms with E-state index in [0.717, 1.165) is 51.3 Å². The second-order valence-corrected chi connectivity index (χ2v) is 10.2. The molecule has 0 bridgehead atoms. The highest BCUT2D eigenvalue weighted by Crippen LogP contribution is 2.59. The van der Waals surface area contributed by atoms with Gasteiger partial charge in [0.05, 0.1) is 29.4 Å². The van der Waals surface area contributed by atoms with Gasteiger partial charge >= 0.3 is 5.97 Å². The summed E-state index contributed by atoms with van der Waals surface area (Å²) in [5, 5.41) is 4.13. The van der Waals surface area contributed by atoms with Crippen molar-refractivity contribution in [1.82, 2.24) is 14.7 Å². The van der Waals surface area contributed by atoms with E-state index in [1.54, 1.807) is 0 Å². The molecular formula is C28H29N3O3. The Morgan fingerprint density at radius 3 is 2.56 bits per heavy atom. The van der Waals surface area contributed by atoms with E-state index >= 15 is 0 Å². The number of aryl methyl sites for hydroxylation is 2. The number of carbonyl (C=O) groups excluding carboxylic acids is 1. The minimum atomic E-state index is -0.328. The summed E-state index contributed by atoms with van der Waals surface area (Å²) in [4.78, 5) is 16.8. The van der Waals surface area contributed by atoms with Crippen molar-refractivity contribution in [2.24, 2.45) is 11.3 Å². The quantitative estimate of drug-likeness (QED) is 0.328. The topological polar surface area (TPSA) is 70.2 Å². The molecule has 3 heterocycles.